The second-order valence-corrected chi connectivity index (χ2v) is 4.52. The van der Waals surface area contributed by atoms with E-state index in [4.69, 9.17) is 0 Å². The molecule has 78 valence electrons. The van der Waals surface area contributed by atoms with Gasteiger partial charge in [-0.2, -0.15) is 0 Å². The highest BCUT2D eigenvalue weighted by molar-refractivity contribution is 4.63. The molecule has 0 aromatic rings. The summed E-state index contributed by atoms with van der Waals surface area (Å²) in [5.74, 6) is 0.875. The molecule has 1 rings (SSSR count). The lowest BCUT2D eigenvalue weighted by Crippen LogP contribution is -2.41. The molecule has 0 aromatic heterocycles. The van der Waals surface area contributed by atoms with Gasteiger partial charge in [0.25, 0.3) is 0 Å². The first-order chi connectivity index (χ1) is 6.29. The third-order valence-electron chi connectivity index (χ3n) is 2.67. The third kappa shape index (κ3) is 5.27. The van der Waals surface area contributed by atoms with Gasteiger partial charge in [-0.05, 0) is 31.8 Å². The second-order valence-electron chi connectivity index (χ2n) is 4.52. The number of nitrogens with zero attached hydrogens (tertiary/aromatic N) is 1. The zero-order chi connectivity index (χ0) is 9.52. The van der Waals surface area contributed by atoms with Crippen LogP contribution in [0.2, 0.25) is 0 Å². The molecular formula is C11H24N2. The molecule has 0 radical (unpaired) electrons. The Morgan fingerprint density at radius 1 is 1.31 bits per heavy atom. The van der Waals surface area contributed by atoms with Crippen LogP contribution in [0.5, 0.6) is 0 Å². The van der Waals surface area contributed by atoms with Crippen LogP contribution in [0.15, 0.2) is 0 Å². The van der Waals surface area contributed by atoms with Gasteiger partial charge in [0.2, 0.25) is 0 Å². The first kappa shape index (κ1) is 11.0. The molecule has 0 atom stereocenters. The molecule has 2 heteroatoms. The summed E-state index contributed by atoms with van der Waals surface area (Å²) in [4.78, 5) is 2.53. The van der Waals surface area contributed by atoms with Gasteiger partial charge in [-0.15, -0.1) is 0 Å². The molecule has 1 saturated heterocycles. The summed E-state index contributed by atoms with van der Waals surface area (Å²) in [6.07, 6.45) is 5.49. The number of nitrogens with one attached hydrogen (secondary N) is 1. The number of hydrogen-bond donors (Lipinski definition) is 1. The Labute approximate surface area is 82.7 Å². The van der Waals surface area contributed by atoms with Crippen molar-refractivity contribution in [2.45, 2.75) is 39.5 Å². The SMILES string of the molecule is CC(C)CCCCN1CCCNC1. The summed E-state index contributed by atoms with van der Waals surface area (Å²) in [5, 5.41) is 3.41. The predicted molar refractivity (Wildman–Crippen MR) is 57.7 cm³/mol. The lowest BCUT2D eigenvalue weighted by Gasteiger charge is -2.27. The molecule has 1 aliphatic rings. The quantitative estimate of drug-likeness (QED) is 0.658. The van der Waals surface area contributed by atoms with E-state index in [1.54, 1.807) is 0 Å². The Morgan fingerprint density at radius 3 is 2.77 bits per heavy atom. The summed E-state index contributed by atoms with van der Waals surface area (Å²) in [6, 6.07) is 0. The van der Waals surface area contributed by atoms with Crippen molar-refractivity contribution < 1.29 is 0 Å². The van der Waals surface area contributed by atoms with Gasteiger partial charge >= 0.3 is 0 Å². The minimum Gasteiger partial charge on any atom is -0.304 e. The zero-order valence-corrected chi connectivity index (χ0v) is 9.18. The molecular weight excluding hydrogens is 160 g/mol. The molecule has 2 nitrogen and oxygen atoms in total. The van der Waals surface area contributed by atoms with Crippen molar-refractivity contribution in [1.82, 2.24) is 10.2 Å². The van der Waals surface area contributed by atoms with Gasteiger partial charge in [-0.3, -0.25) is 4.90 Å². The maximum Gasteiger partial charge on any atom is 0.0480 e. The fourth-order valence-corrected chi connectivity index (χ4v) is 1.82. The van der Waals surface area contributed by atoms with E-state index in [0.29, 0.717) is 0 Å². The van der Waals surface area contributed by atoms with Gasteiger partial charge in [0.05, 0.1) is 0 Å². The molecule has 0 saturated carbocycles. The van der Waals surface area contributed by atoms with Crippen molar-refractivity contribution >= 4 is 0 Å². The average Bonchev–Trinajstić information content (AvgIpc) is 2.14. The fraction of sp³-hybridized carbons (Fsp3) is 1.00. The van der Waals surface area contributed by atoms with Crippen molar-refractivity contribution in [1.29, 1.82) is 0 Å². The van der Waals surface area contributed by atoms with E-state index in [1.165, 1.54) is 45.3 Å². The molecule has 0 aromatic carbocycles. The van der Waals surface area contributed by atoms with Crippen molar-refractivity contribution in [2.75, 3.05) is 26.3 Å². The van der Waals surface area contributed by atoms with Crippen LogP contribution >= 0.6 is 0 Å². The van der Waals surface area contributed by atoms with Crippen LogP contribution in [0.3, 0.4) is 0 Å². The number of hydrogen-bond acceptors (Lipinski definition) is 2. The molecule has 1 fully saturated rings. The van der Waals surface area contributed by atoms with Gasteiger partial charge in [0.1, 0.15) is 0 Å². The molecule has 13 heavy (non-hydrogen) atoms. The Balaban J connectivity index is 1.92. The summed E-state index contributed by atoms with van der Waals surface area (Å²) < 4.78 is 0. The van der Waals surface area contributed by atoms with Crippen molar-refractivity contribution in [3.8, 4) is 0 Å². The van der Waals surface area contributed by atoms with Gasteiger partial charge < -0.3 is 5.32 Å². The summed E-state index contributed by atoms with van der Waals surface area (Å²) >= 11 is 0. The second kappa shape index (κ2) is 6.39. The van der Waals surface area contributed by atoms with Crippen molar-refractivity contribution in [3.63, 3.8) is 0 Å². The van der Waals surface area contributed by atoms with Gasteiger partial charge in [-0.1, -0.05) is 26.7 Å². The minimum absolute atomic E-state index is 0.875. The van der Waals surface area contributed by atoms with Crippen LogP contribution < -0.4 is 5.32 Å². The topological polar surface area (TPSA) is 15.3 Å². The molecule has 1 N–H and O–H groups in total. The van der Waals surface area contributed by atoms with Crippen LogP contribution in [0.25, 0.3) is 0 Å². The van der Waals surface area contributed by atoms with E-state index >= 15 is 0 Å². The largest absolute Gasteiger partial charge is 0.304 e. The van der Waals surface area contributed by atoms with E-state index in [1.807, 2.05) is 0 Å². The first-order valence-corrected chi connectivity index (χ1v) is 5.72. The summed E-state index contributed by atoms with van der Waals surface area (Å²) in [7, 11) is 0. The lowest BCUT2D eigenvalue weighted by molar-refractivity contribution is 0.210. The van der Waals surface area contributed by atoms with E-state index in [0.717, 1.165) is 12.6 Å². The normalized spacial score (nSPS) is 19.6. The molecule has 0 unspecified atom stereocenters. The standard InChI is InChI=1S/C11H24N2/c1-11(2)6-3-4-8-13-9-5-7-12-10-13/h11-12H,3-10H2,1-2H3. The van der Waals surface area contributed by atoms with Crippen molar-refractivity contribution in [3.05, 3.63) is 0 Å². The highest BCUT2D eigenvalue weighted by Gasteiger charge is 2.07. The number of rotatable bonds is 5. The fourth-order valence-electron chi connectivity index (χ4n) is 1.82. The molecule has 0 amide bonds. The highest BCUT2D eigenvalue weighted by atomic mass is 15.2. The van der Waals surface area contributed by atoms with E-state index in [9.17, 15) is 0 Å². The highest BCUT2D eigenvalue weighted by Crippen LogP contribution is 2.07. The first-order valence-electron chi connectivity index (χ1n) is 5.72. The van der Waals surface area contributed by atoms with Crippen molar-refractivity contribution in [2.24, 2.45) is 5.92 Å². The van der Waals surface area contributed by atoms with Gasteiger partial charge in [0.15, 0.2) is 0 Å². The number of unbranched alkanes of at least 4 members (excludes halogenated alkanes) is 1. The molecule has 0 spiro atoms. The maximum absolute atomic E-state index is 3.41. The van der Waals surface area contributed by atoms with Crippen LogP contribution in [0.1, 0.15) is 39.5 Å². The van der Waals surface area contributed by atoms with Crippen LogP contribution in [-0.2, 0) is 0 Å². The van der Waals surface area contributed by atoms with Crippen LogP contribution in [-0.4, -0.2) is 31.2 Å². The van der Waals surface area contributed by atoms with Crippen LogP contribution in [0.4, 0.5) is 0 Å². The Morgan fingerprint density at radius 2 is 2.15 bits per heavy atom. The summed E-state index contributed by atoms with van der Waals surface area (Å²) in [5.41, 5.74) is 0. The van der Waals surface area contributed by atoms with Gasteiger partial charge in [-0.25, -0.2) is 0 Å². The molecule has 1 aliphatic heterocycles. The Bertz CT molecular complexity index is 117. The minimum atomic E-state index is 0.875. The van der Waals surface area contributed by atoms with E-state index in [-0.39, 0.29) is 0 Å². The molecule has 1 heterocycles. The lowest BCUT2D eigenvalue weighted by atomic mass is 10.1. The molecule has 0 aliphatic carbocycles. The predicted octanol–water partition coefficient (Wildman–Crippen LogP) is 2.07. The van der Waals surface area contributed by atoms with E-state index < -0.39 is 0 Å². The Hall–Kier alpha value is -0.0800. The smallest absolute Gasteiger partial charge is 0.0480 e. The third-order valence-corrected chi connectivity index (χ3v) is 2.67. The molecule has 0 bridgehead atoms. The maximum atomic E-state index is 3.41. The monoisotopic (exact) mass is 184 g/mol. The summed E-state index contributed by atoms with van der Waals surface area (Å²) in [6.45, 7) is 9.53. The zero-order valence-electron chi connectivity index (χ0n) is 9.18. The van der Waals surface area contributed by atoms with Crippen LogP contribution in [0, 0.1) is 5.92 Å². The average molecular weight is 184 g/mol. The van der Waals surface area contributed by atoms with Gasteiger partial charge in [0, 0.05) is 13.2 Å². The van der Waals surface area contributed by atoms with E-state index in [2.05, 4.69) is 24.1 Å². The Kier molecular flexibility index (Phi) is 5.40.